The summed E-state index contributed by atoms with van der Waals surface area (Å²) in [7, 11) is -1.44. The number of unbranched alkanes of at least 4 members (excludes halogenated alkanes) is 1. The summed E-state index contributed by atoms with van der Waals surface area (Å²) in [5.41, 5.74) is 4.79. The molecule has 1 aliphatic carbocycles. The fraction of sp³-hybridized carbons (Fsp3) is 0.474. The Kier molecular flexibility index (Phi) is 4.39. The van der Waals surface area contributed by atoms with Crippen molar-refractivity contribution in [2.24, 2.45) is 11.3 Å². The zero-order chi connectivity index (χ0) is 14.8. The number of benzene rings is 1. The van der Waals surface area contributed by atoms with E-state index >= 15 is 0 Å². The van der Waals surface area contributed by atoms with E-state index in [1.54, 1.807) is 10.8 Å². The summed E-state index contributed by atoms with van der Waals surface area (Å²) in [4.78, 5) is 0. The molecule has 0 aromatic heterocycles. The highest BCUT2D eigenvalue weighted by Gasteiger charge is 2.51. The molecule has 0 bridgehead atoms. The van der Waals surface area contributed by atoms with Crippen LogP contribution in [-0.4, -0.2) is 8.07 Å². The first kappa shape index (κ1) is 15.3. The van der Waals surface area contributed by atoms with Crippen LogP contribution in [0, 0.1) is 11.3 Å². The second-order valence-corrected chi connectivity index (χ2v) is 11.5. The van der Waals surface area contributed by atoms with Crippen LogP contribution in [0.4, 0.5) is 0 Å². The number of allylic oxidation sites excluding steroid dienone is 2. The van der Waals surface area contributed by atoms with Crippen LogP contribution in [0.2, 0.25) is 13.1 Å². The van der Waals surface area contributed by atoms with Crippen LogP contribution < -0.4 is 5.19 Å². The van der Waals surface area contributed by atoms with Gasteiger partial charge in [-0.15, -0.1) is 6.58 Å². The zero-order valence-corrected chi connectivity index (χ0v) is 14.4. The van der Waals surface area contributed by atoms with Crippen molar-refractivity contribution in [3.05, 3.63) is 54.3 Å². The molecule has 0 saturated heterocycles. The molecule has 0 radical (unpaired) electrons. The summed E-state index contributed by atoms with van der Waals surface area (Å²) >= 11 is 0. The smallest absolute Gasteiger partial charge is 0.103 e. The van der Waals surface area contributed by atoms with Crippen molar-refractivity contribution in [1.29, 1.82) is 0 Å². The van der Waals surface area contributed by atoms with E-state index in [0.29, 0.717) is 5.41 Å². The van der Waals surface area contributed by atoms with Crippen LogP contribution in [0.25, 0.3) is 0 Å². The molecule has 1 fully saturated rings. The SMILES string of the molecule is C=CCCCC1/C(=C/[Si](C)(C)c2ccccc2)C1(C)C. The van der Waals surface area contributed by atoms with Gasteiger partial charge in [0.25, 0.3) is 0 Å². The topological polar surface area (TPSA) is 0 Å². The van der Waals surface area contributed by atoms with Crippen molar-refractivity contribution < 1.29 is 0 Å². The summed E-state index contributed by atoms with van der Waals surface area (Å²) in [6.45, 7) is 13.6. The largest absolute Gasteiger partial charge is 0.104 e. The normalized spacial score (nSPS) is 22.8. The van der Waals surface area contributed by atoms with Crippen molar-refractivity contribution in [1.82, 2.24) is 0 Å². The van der Waals surface area contributed by atoms with E-state index < -0.39 is 8.07 Å². The Hall–Kier alpha value is -1.08. The first-order valence-corrected chi connectivity index (χ1v) is 10.9. The number of hydrogen-bond donors (Lipinski definition) is 0. The monoisotopic (exact) mass is 284 g/mol. The van der Waals surface area contributed by atoms with Crippen molar-refractivity contribution in [2.45, 2.75) is 46.2 Å². The van der Waals surface area contributed by atoms with Gasteiger partial charge in [-0.1, -0.05) is 79.8 Å². The van der Waals surface area contributed by atoms with Crippen LogP contribution in [-0.2, 0) is 0 Å². The van der Waals surface area contributed by atoms with Gasteiger partial charge in [-0.05, 0) is 30.6 Å². The Morgan fingerprint density at radius 2 is 1.85 bits per heavy atom. The zero-order valence-electron chi connectivity index (χ0n) is 13.4. The second-order valence-electron chi connectivity index (χ2n) is 7.18. The summed E-state index contributed by atoms with van der Waals surface area (Å²) in [5.74, 6) is 0.804. The molecule has 1 heteroatoms. The molecule has 1 aromatic carbocycles. The van der Waals surface area contributed by atoms with Gasteiger partial charge in [0.15, 0.2) is 0 Å². The molecule has 0 aliphatic heterocycles. The van der Waals surface area contributed by atoms with Crippen LogP contribution >= 0.6 is 0 Å². The molecule has 1 saturated carbocycles. The lowest BCUT2D eigenvalue weighted by atomic mass is 10.1. The Bertz CT molecular complexity index is 494. The van der Waals surface area contributed by atoms with E-state index in [-0.39, 0.29) is 0 Å². The Morgan fingerprint density at radius 3 is 2.45 bits per heavy atom. The molecule has 108 valence electrons. The molecule has 0 heterocycles. The first-order valence-electron chi connectivity index (χ1n) is 7.79. The molecule has 0 nitrogen and oxygen atoms in total. The van der Waals surface area contributed by atoms with Crippen LogP contribution in [0.3, 0.4) is 0 Å². The lowest BCUT2D eigenvalue weighted by Crippen LogP contribution is -2.39. The molecule has 0 spiro atoms. The van der Waals surface area contributed by atoms with E-state index in [1.165, 1.54) is 12.8 Å². The highest BCUT2D eigenvalue weighted by atomic mass is 28.3. The highest BCUT2D eigenvalue weighted by Crippen LogP contribution is 2.60. The summed E-state index contributed by atoms with van der Waals surface area (Å²) in [6.07, 6.45) is 5.80. The molecule has 2 rings (SSSR count). The summed E-state index contributed by atoms with van der Waals surface area (Å²) in [6, 6.07) is 11.0. The third-order valence-corrected chi connectivity index (χ3v) is 7.70. The van der Waals surface area contributed by atoms with E-state index in [2.05, 4.69) is 69.6 Å². The number of hydrogen-bond acceptors (Lipinski definition) is 0. The van der Waals surface area contributed by atoms with Crippen LogP contribution in [0.1, 0.15) is 33.1 Å². The van der Waals surface area contributed by atoms with E-state index in [0.717, 1.165) is 12.3 Å². The third-order valence-electron chi connectivity index (χ3n) is 4.84. The van der Waals surface area contributed by atoms with Crippen molar-refractivity contribution in [3.63, 3.8) is 0 Å². The van der Waals surface area contributed by atoms with E-state index in [1.807, 2.05) is 6.08 Å². The number of rotatable bonds is 6. The van der Waals surface area contributed by atoms with Crippen molar-refractivity contribution in [2.75, 3.05) is 0 Å². The van der Waals surface area contributed by atoms with Gasteiger partial charge in [-0.3, -0.25) is 0 Å². The summed E-state index contributed by atoms with van der Waals surface area (Å²) in [5, 5.41) is 1.54. The molecule has 1 atom stereocenters. The van der Waals surface area contributed by atoms with Gasteiger partial charge in [0, 0.05) is 0 Å². The third kappa shape index (κ3) is 3.14. The standard InChI is InChI=1S/C19H28Si/c1-6-7-9-14-17-18(19(17,2)3)15-20(4,5)16-12-10-8-11-13-16/h6,8,10-13,15,17H,1,7,9,14H2,2-5H3/b18-15-. The fourth-order valence-electron chi connectivity index (χ4n) is 3.28. The minimum absolute atomic E-state index is 0.431. The van der Waals surface area contributed by atoms with Gasteiger partial charge in [-0.2, -0.15) is 0 Å². The average molecular weight is 285 g/mol. The van der Waals surface area contributed by atoms with Crippen LogP contribution in [0.15, 0.2) is 54.3 Å². The van der Waals surface area contributed by atoms with Gasteiger partial charge in [0.2, 0.25) is 0 Å². The molecule has 1 aliphatic rings. The maximum absolute atomic E-state index is 3.82. The van der Waals surface area contributed by atoms with Crippen molar-refractivity contribution in [3.8, 4) is 0 Å². The second kappa shape index (κ2) is 5.73. The molecule has 20 heavy (non-hydrogen) atoms. The minimum Gasteiger partial charge on any atom is -0.103 e. The van der Waals surface area contributed by atoms with Gasteiger partial charge in [0.05, 0.1) is 0 Å². The predicted octanol–water partition coefficient (Wildman–Crippen LogP) is 5.08. The molecular formula is C19H28Si. The molecule has 1 aromatic rings. The van der Waals surface area contributed by atoms with Gasteiger partial charge >= 0.3 is 0 Å². The maximum atomic E-state index is 3.82. The molecular weight excluding hydrogens is 256 g/mol. The van der Waals surface area contributed by atoms with Crippen LogP contribution in [0.5, 0.6) is 0 Å². The Morgan fingerprint density at radius 1 is 1.20 bits per heavy atom. The van der Waals surface area contributed by atoms with E-state index in [4.69, 9.17) is 0 Å². The summed E-state index contributed by atoms with van der Waals surface area (Å²) < 4.78 is 0. The average Bonchev–Trinajstić information content (AvgIpc) is 2.91. The molecule has 1 unspecified atom stereocenters. The maximum Gasteiger partial charge on any atom is 0.104 e. The van der Waals surface area contributed by atoms with Gasteiger partial charge in [0.1, 0.15) is 8.07 Å². The van der Waals surface area contributed by atoms with E-state index in [9.17, 15) is 0 Å². The van der Waals surface area contributed by atoms with Gasteiger partial charge < -0.3 is 0 Å². The lowest BCUT2D eigenvalue weighted by molar-refractivity contribution is 0.522. The molecule has 0 N–H and O–H groups in total. The predicted molar refractivity (Wildman–Crippen MR) is 93.0 cm³/mol. The van der Waals surface area contributed by atoms with Crippen molar-refractivity contribution >= 4 is 13.3 Å². The first-order chi connectivity index (χ1) is 9.39. The Balaban J connectivity index is 2.12. The Labute approximate surface area is 125 Å². The minimum atomic E-state index is -1.44. The quantitative estimate of drug-likeness (QED) is 0.388. The van der Waals surface area contributed by atoms with Gasteiger partial charge in [-0.25, -0.2) is 0 Å². The highest BCUT2D eigenvalue weighted by molar-refractivity contribution is 6.94. The lowest BCUT2D eigenvalue weighted by Gasteiger charge is -2.18. The fourth-order valence-corrected chi connectivity index (χ4v) is 5.85. The molecule has 0 amide bonds.